The minimum Gasteiger partial charge on any atom is -0.382 e. The first-order valence-corrected chi connectivity index (χ1v) is 8.36. The van der Waals surface area contributed by atoms with Crippen LogP contribution in [0.15, 0.2) is 4.47 Å². The van der Waals surface area contributed by atoms with Gasteiger partial charge in [0.05, 0.1) is 22.0 Å². The van der Waals surface area contributed by atoms with E-state index in [1.165, 1.54) is 10.2 Å². The zero-order valence-electron chi connectivity index (χ0n) is 13.4. The Balaban J connectivity index is 2.89. The Labute approximate surface area is 131 Å². The molecule has 1 aromatic rings. The average Bonchev–Trinajstić information content (AvgIpc) is 2.75. The molecule has 0 fully saturated rings. The van der Waals surface area contributed by atoms with Crippen molar-refractivity contribution in [1.29, 1.82) is 0 Å². The Hall–Kier alpha value is -0.390. The van der Waals surface area contributed by atoms with E-state index in [4.69, 9.17) is 4.74 Å². The Kier molecular flexibility index (Phi) is 7.77. The van der Waals surface area contributed by atoms with Gasteiger partial charge in [-0.1, -0.05) is 13.8 Å². The number of aryl methyl sites for hydroxylation is 2. The van der Waals surface area contributed by atoms with Gasteiger partial charge in [-0.25, -0.2) is 0 Å². The number of rotatable bonds is 9. The second kappa shape index (κ2) is 8.80. The van der Waals surface area contributed by atoms with E-state index < -0.39 is 0 Å². The summed E-state index contributed by atoms with van der Waals surface area (Å²) < 4.78 is 8.70. The molecule has 1 N–H and O–H groups in total. The molecule has 20 heavy (non-hydrogen) atoms. The Bertz CT molecular complexity index is 406. The molecule has 1 heterocycles. The number of halogens is 1. The molecular weight excluding hydrogens is 318 g/mol. The van der Waals surface area contributed by atoms with E-state index in [-0.39, 0.29) is 6.10 Å². The van der Waals surface area contributed by atoms with Gasteiger partial charge >= 0.3 is 0 Å². The van der Waals surface area contributed by atoms with Gasteiger partial charge in [0.15, 0.2) is 0 Å². The maximum absolute atomic E-state index is 5.40. The third-order valence-electron chi connectivity index (χ3n) is 3.65. The monoisotopic (exact) mass is 345 g/mol. The topological polar surface area (TPSA) is 39.1 Å². The number of hydrogen-bond acceptors (Lipinski definition) is 3. The highest BCUT2D eigenvalue weighted by molar-refractivity contribution is 9.10. The summed E-state index contributed by atoms with van der Waals surface area (Å²) in [4.78, 5) is 0. The summed E-state index contributed by atoms with van der Waals surface area (Å²) in [5.41, 5.74) is 2.44. The van der Waals surface area contributed by atoms with Crippen LogP contribution in [0.5, 0.6) is 0 Å². The highest BCUT2D eigenvalue weighted by atomic mass is 79.9. The SMILES string of the molecule is CCNC(Cc1c(Br)c(CC)nn1CC)CC(C)OC. The van der Waals surface area contributed by atoms with Gasteiger partial charge in [-0.05, 0) is 49.2 Å². The van der Waals surface area contributed by atoms with E-state index in [2.05, 4.69) is 58.7 Å². The van der Waals surface area contributed by atoms with Crippen molar-refractivity contribution in [2.75, 3.05) is 13.7 Å². The van der Waals surface area contributed by atoms with Gasteiger partial charge in [0.2, 0.25) is 0 Å². The maximum atomic E-state index is 5.40. The summed E-state index contributed by atoms with van der Waals surface area (Å²) in [5, 5.41) is 8.23. The van der Waals surface area contributed by atoms with Crippen molar-refractivity contribution >= 4 is 15.9 Å². The second-order valence-electron chi connectivity index (χ2n) is 5.12. The van der Waals surface area contributed by atoms with Crippen molar-refractivity contribution in [3.63, 3.8) is 0 Å². The maximum Gasteiger partial charge on any atom is 0.0766 e. The molecule has 1 rings (SSSR count). The molecule has 0 aliphatic rings. The van der Waals surface area contributed by atoms with Crippen LogP contribution in [0.1, 0.15) is 45.5 Å². The van der Waals surface area contributed by atoms with Crippen molar-refractivity contribution in [3.05, 3.63) is 15.9 Å². The smallest absolute Gasteiger partial charge is 0.0766 e. The Morgan fingerprint density at radius 2 is 2.05 bits per heavy atom. The van der Waals surface area contributed by atoms with E-state index in [0.29, 0.717) is 6.04 Å². The molecule has 116 valence electrons. The minimum absolute atomic E-state index is 0.265. The first-order valence-electron chi connectivity index (χ1n) is 7.57. The summed E-state index contributed by atoms with van der Waals surface area (Å²) in [6, 6.07) is 0.415. The quantitative estimate of drug-likeness (QED) is 0.747. The van der Waals surface area contributed by atoms with Crippen LogP contribution in [-0.4, -0.2) is 35.6 Å². The number of hydrogen-bond donors (Lipinski definition) is 1. The standard InChI is InChI=1S/C15H28BrN3O/c1-6-13-15(16)14(19(8-3)18-13)10-12(17-7-2)9-11(4)20-5/h11-12,17H,6-10H2,1-5H3. The Morgan fingerprint density at radius 1 is 1.35 bits per heavy atom. The molecule has 0 spiro atoms. The fourth-order valence-corrected chi connectivity index (χ4v) is 3.20. The molecule has 0 amide bonds. The molecule has 0 bridgehead atoms. The predicted molar refractivity (Wildman–Crippen MR) is 87.2 cm³/mol. The number of methoxy groups -OCH3 is 1. The third-order valence-corrected chi connectivity index (χ3v) is 4.56. The summed E-state index contributed by atoms with van der Waals surface area (Å²) in [5.74, 6) is 0. The summed E-state index contributed by atoms with van der Waals surface area (Å²) >= 11 is 3.72. The zero-order chi connectivity index (χ0) is 15.1. The largest absolute Gasteiger partial charge is 0.382 e. The van der Waals surface area contributed by atoms with E-state index >= 15 is 0 Å². The van der Waals surface area contributed by atoms with E-state index in [0.717, 1.165) is 38.0 Å². The number of nitrogens with zero attached hydrogens (tertiary/aromatic N) is 2. The molecule has 4 nitrogen and oxygen atoms in total. The Morgan fingerprint density at radius 3 is 2.55 bits per heavy atom. The normalized spacial score (nSPS) is 14.5. The van der Waals surface area contributed by atoms with Crippen molar-refractivity contribution in [1.82, 2.24) is 15.1 Å². The van der Waals surface area contributed by atoms with Crippen LogP contribution >= 0.6 is 15.9 Å². The van der Waals surface area contributed by atoms with Crippen LogP contribution in [0.25, 0.3) is 0 Å². The summed E-state index contributed by atoms with van der Waals surface area (Å²) in [6.45, 7) is 10.4. The molecule has 0 saturated heterocycles. The summed E-state index contributed by atoms with van der Waals surface area (Å²) in [6.07, 6.45) is 3.21. The van der Waals surface area contributed by atoms with E-state index in [1.54, 1.807) is 7.11 Å². The fraction of sp³-hybridized carbons (Fsp3) is 0.800. The van der Waals surface area contributed by atoms with Crippen LogP contribution in [0.4, 0.5) is 0 Å². The number of aromatic nitrogens is 2. The summed E-state index contributed by atoms with van der Waals surface area (Å²) in [7, 11) is 1.77. The van der Waals surface area contributed by atoms with E-state index in [9.17, 15) is 0 Å². The predicted octanol–water partition coefficient (Wildman–Crippen LogP) is 3.17. The first-order chi connectivity index (χ1) is 9.57. The minimum atomic E-state index is 0.265. The van der Waals surface area contributed by atoms with Crippen LogP contribution in [0, 0.1) is 0 Å². The lowest BCUT2D eigenvalue weighted by Crippen LogP contribution is -2.35. The number of likely N-dealkylation sites (N-methyl/N-ethyl adjacent to an activating group) is 1. The highest BCUT2D eigenvalue weighted by Gasteiger charge is 2.19. The first kappa shape index (κ1) is 17.7. The highest BCUT2D eigenvalue weighted by Crippen LogP contribution is 2.24. The molecule has 2 unspecified atom stereocenters. The van der Waals surface area contributed by atoms with Crippen LogP contribution < -0.4 is 5.32 Å². The van der Waals surface area contributed by atoms with Gasteiger partial charge in [-0.2, -0.15) is 5.10 Å². The zero-order valence-corrected chi connectivity index (χ0v) is 15.0. The van der Waals surface area contributed by atoms with Crippen molar-refractivity contribution < 1.29 is 4.74 Å². The lowest BCUT2D eigenvalue weighted by Gasteiger charge is -2.21. The lowest BCUT2D eigenvalue weighted by molar-refractivity contribution is 0.100. The third kappa shape index (κ3) is 4.57. The molecule has 0 saturated carbocycles. The molecule has 5 heteroatoms. The van der Waals surface area contributed by atoms with Crippen molar-refractivity contribution in [2.45, 2.75) is 65.6 Å². The molecule has 0 aliphatic heterocycles. The van der Waals surface area contributed by atoms with E-state index in [1.807, 2.05) is 0 Å². The van der Waals surface area contributed by atoms with Gasteiger partial charge in [-0.15, -0.1) is 0 Å². The van der Waals surface area contributed by atoms with Gasteiger partial charge in [0, 0.05) is 26.1 Å². The van der Waals surface area contributed by atoms with Crippen LogP contribution in [0.3, 0.4) is 0 Å². The molecule has 0 radical (unpaired) electrons. The number of nitrogens with one attached hydrogen (secondary N) is 1. The fourth-order valence-electron chi connectivity index (χ4n) is 2.47. The molecular formula is C15H28BrN3O. The lowest BCUT2D eigenvalue weighted by atomic mass is 10.0. The van der Waals surface area contributed by atoms with Gasteiger partial charge in [0.1, 0.15) is 0 Å². The van der Waals surface area contributed by atoms with Crippen LogP contribution in [-0.2, 0) is 24.1 Å². The number of ether oxygens (including phenoxy) is 1. The average molecular weight is 346 g/mol. The molecule has 1 aromatic heterocycles. The van der Waals surface area contributed by atoms with Crippen molar-refractivity contribution in [2.24, 2.45) is 0 Å². The van der Waals surface area contributed by atoms with Gasteiger partial charge < -0.3 is 10.1 Å². The molecule has 0 aliphatic carbocycles. The van der Waals surface area contributed by atoms with Crippen molar-refractivity contribution in [3.8, 4) is 0 Å². The van der Waals surface area contributed by atoms with Gasteiger partial charge in [0.25, 0.3) is 0 Å². The van der Waals surface area contributed by atoms with Gasteiger partial charge in [-0.3, -0.25) is 4.68 Å². The molecule has 2 atom stereocenters. The molecule has 0 aromatic carbocycles. The van der Waals surface area contributed by atoms with Crippen LogP contribution in [0.2, 0.25) is 0 Å². The second-order valence-corrected chi connectivity index (χ2v) is 5.91.